The molecule has 0 radical (unpaired) electrons. The van der Waals surface area contributed by atoms with Gasteiger partial charge in [0.15, 0.2) is 5.79 Å². The SMILES string of the molecule is CC1(C)OC[C@H](C2CC2C=O)O1. The molecule has 0 N–H and O–H groups in total. The minimum Gasteiger partial charge on any atom is -0.348 e. The second-order valence-corrected chi connectivity index (χ2v) is 4.07. The van der Waals surface area contributed by atoms with Gasteiger partial charge in [-0.3, -0.25) is 0 Å². The molecule has 68 valence electrons. The van der Waals surface area contributed by atoms with E-state index in [0.717, 1.165) is 12.7 Å². The fourth-order valence-corrected chi connectivity index (χ4v) is 1.75. The van der Waals surface area contributed by atoms with E-state index in [1.165, 1.54) is 0 Å². The van der Waals surface area contributed by atoms with Crippen molar-refractivity contribution >= 4 is 6.29 Å². The van der Waals surface area contributed by atoms with Crippen molar-refractivity contribution in [3.63, 3.8) is 0 Å². The van der Waals surface area contributed by atoms with Crippen LogP contribution in [-0.2, 0) is 14.3 Å². The predicted molar refractivity (Wildman–Crippen MR) is 42.6 cm³/mol. The Labute approximate surface area is 72.0 Å². The van der Waals surface area contributed by atoms with Gasteiger partial charge in [-0.05, 0) is 26.2 Å². The highest BCUT2D eigenvalue weighted by Gasteiger charge is 2.48. The molecule has 0 aromatic heterocycles. The smallest absolute Gasteiger partial charge is 0.163 e. The molecule has 0 bridgehead atoms. The van der Waals surface area contributed by atoms with Crippen molar-refractivity contribution in [3.8, 4) is 0 Å². The molecule has 3 nitrogen and oxygen atoms in total. The van der Waals surface area contributed by atoms with Crippen LogP contribution in [0, 0.1) is 11.8 Å². The molecule has 2 aliphatic rings. The van der Waals surface area contributed by atoms with Crippen LogP contribution < -0.4 is 0 Å². The van der Waals surface area contributed by atoms with Crippen molar-refractivity contribution in [1.29, 1.82) is 0 Å². The highest BCUT2D eigenvalue weighted by molar-refractivity contribution is 5.58. The highest BCUT2D eigenvalue weighted by Crippen LogP contribution is 2.44. The second-order valence-electron chi connectivity index (χ2n) is 4.07. The van der Waals surface area contributed by atoms with E-state index in [1.807, 2.05) is 13.8 Å². The molecule has 1 saturated heterocycles. The van der Waals surface area contributed by atoms with Crippen LogP contribution in [0.25, 0.3) is 0 Å². The summed E-state index contributed by atoms with van der Waals surface area (Å²) in [6.07, 6.45) is 2.16. The number of rotatable bonds is 2. The summed E-state index contributed by atoms with van der Waals surface area (Å²) in [6.45, 7) is 4.46. The average Bonchev–Trinajstić information content (AvgIpc) is 2.70. The highest BCUT2D eigenvalue weighted by atomic mass is 16.7. The molecule has 3 heteroatoms. The first-order valence-electron chi connectivity index (χ1n) is 4.39. The number of aldehydes is 1. The van der Waals surface area contributed by atoms with Crippen molar-refractivity contribution in [2.45, 2.75) is 32.2 Å². The topological polar surface area (TPSA) is 35.5 Å². The zero-order valence-electron chi connectivity index (χ0n) is 7.45. The number of carbonyl (C=O) groups is 1. The summed E-state index contributed by atoms with van der Waals surface area (Å²) in [6, 6.07) is 0. The van der Waals surface area contributed by atoms with Crippen LogP contribution in [0.2, 0.25) is 0 Å². The summed E-state index contributed by atoms with van der Waals surface area (Å²) < 4.78 is 11.0. The number of hydrogen-bond donors (Lipinski definition) is 0. The van der Waals surface area contributed by atoms with Gasteiger partial charge in [0.1, 0.15) is 6.29 Å². The third kappa shape index (κ3) is 1.39. The molecule has 0 aromatic carbocycles. The lowest BCUT2D eigenvalue weighted by molar-refractivity contribution is -0.141. The van der Waals surface area contributed by atoms with Crippen molar-refractivity contribution in [3.05, 3.63) is 0 Å². The maximum atomic E-state index is 10.4. The quantitative estimate of drug-likeness (QED) is 0.579. The van der Waals surface area contributed by atoms with Crippen LogP contribution in [0.3, 0.4) is 0 Å². The van der Waals surface area contributed by atoms with E-state index in [-0.39, 0.29) is 12.0 Å². The molecule has 2 unspecified atom stereocenters. The molecule has 12 heavy (non-hydrogen) atoms. The third-order valence-electron chi connectivity index (χ3n) is 2.57. The Morgan fingerprint density at radius 3 is 2.67 bits per heavy atom. The lowest BCUT2D eigenvalue weighted by atomic mass is 10.2. The molecule has 1 aliphatic carbocycles. The number of ether oxygens (including phenoxy) is 2. The summed E-state index contributed by atoms with van der Waals surface area (Å²) in [7, 11) is 0. The van der Waals surface area contributed by atoms with Crippen molar-refractivity contribution in [2.75, 3.05) is 6.61 Å². The average molecular weight is 170 g/mol. The van der Waals surface area contributed by atoms with Gasteiger partial charge in [0, 0.05) is 5.92 Å². The molecule has 0 aromatic rings. The largest absolute Gasteiger partial charge is 0.348 e. The maximum Gasteiger partial charge on any atom is 0.163 e. The number of carbonyl (C=O) groups excluding carboxylic acids is 1. The number of hydrogen-bond acceptors (Lipinski definition) is 3. The first kappa shape index (κ1) is 8.20. The summed E-state index contributed by atoms with van der Waals surface area (Å²) >= 11 is 0. The summed E-state index contributed by atoms with van der Waals surface area (Å²) in [5.41, 5.74) is 0. The summed E-state index contributed by atoms with van der Waals surface area (Å²) in [4.78, 5) is 10.4. The monoisotopic (exact) mass is 170 g/mol. The van der Waals surface area contributed by atoms with Crippen LogP contribution in [0.1, 0.15) is 20.3 Å². The van der Waals surface area contributed by atoms with Crippen LogP contribution in [-0.4, -0.2) is 24.8 Å². The molecular formula is C9H14O3. The van der Waals surface area contributed by atoms with Crippen molar-refractivity contribution in [2.24, 2.45) is 11.8 Å². The fraction of sp³-hybridized carbons (Fsp3) is 0.889. The zero-order valence-corrected chi connectivity index (χ0v) is 7.45. The van der Waals surface area contributed by atoms with Gasteiger partial charge in [-0.1, -0.05) is 0 Å². The Bertz CT molecular complexity index is 200. The molecule has 0 spiro atoms. The Morgan fingerprint density at radius 1 is 1.50 bits per heavy atom. The van der Waals surface area contributed by atoms with E-state index >= 15 is 0 Å². The van der Waals surface area contributed by atoms with Gasteiger partial charge in [0.2, 0.25) is 0 Å². The second kappa shape index (κ2) is 2.54. The van der Waals surface area contributed by atoms with E-state index in [1.54, 1.807) is 0 Å². The van der Waals surface area contributed by atoms with E-state index in [4.69, 9.17) is 9.47 Å². The maximum absolute atomic E-state index is 10.4. The first-order valence-corrected chi connectivity index (χ1v) is 4.39. The van der Waals surface area contributed by atoms with Gasteiger partial charge in [0.05, 0.1) is 12.7 Å². The van der Waals surface area contributed by atoms with Gasteiger partial charge in [-0.2, -0.15) is 0 Å². The lowest BCUT2D eigenvalue weighted by Gasteiger charge is -2.16. The molecule has 3 atom stereocenters. The Hall–Kier alpha value is -0.410. The summed E-state index contributed by atoms with van der Waals surface area (Å²) in [5, 5.41) is 0. The van der Waals surface area contributed by atoms with Crippen LogP contribution in [0.15, 0.2) is 0 Å². The first-order chi connectivity index (χ1) is 5.62. The van der Waals surface area contributed by atoms with Crippen molar-refractivity contribution < 1.29 is 14.3 Å². The molecular weight excluding hydrogens is 156 g/mol. The lowest BCUT2D eigenvalue weighted by Crippen LogP contribution is -2.22. The van der Waals surface area contributed by atoms with E-state index in [2.05, 4.69) is 0 Å². The van der Waals surface area contributed by atoms with E-state index in [0.29, 0.717) is 12.5 Å². The van der Waals surface area contributed by atoms with Crippen LogP contribution in [0.4, 0.5) is 0 Å². The van der Waals surface area contributed by atoms with Gasteiger partial charge in [-0.15, -0.1) is 0 Å². The van der Waals surface area contributed by atoms with Crippen LogP contribution >= 0.6 is 0 Å². The van der Waals surface area contributed by atoms with Crippen molar-refractivity contribution in [1.82, 2.24) is 0 Å². The van der Waals surface area contributed by atoms with E-state index in [9.17, 15) is 4.79 Å². The Kier molecular flexibility index (Phi) is 1.73. The molecule has 0 amide bonds. The fourth-order valence-electron chi connectivity index (χ4n) is 1.75. The molecule has 1 saturated carbocycles. The minimum absolute atomic E-state index is 0.148. The van der Waals surface area contributed by atoms with Gasteiger partial charge >= 0.3 is 0 Å². The standard InChI is InChI=1S/C9H14O3/c1-9(2)11-5-8(12-9)7-3-6(7)4-10/h4,6-8H,3,5H2,1-2H3/t6?,7?,8-/m1/s1. The Balaban J connectivity index is 1.89. The molecule has 1 heterocycles. The van der Waals surface area contributed by atoms with Crippen LogP contribution in [0.5, 0.6) is 0 Å². The molecule has 2 rings (SSSR count). The molecule has 1 aliphatic heterocycles. The summed E-state index contributed by atoms with van der Waals surface area (Å²) in [5.74, 6) is 0.206. The third-order valence-corrected chi connectivity index (χ3v) is 2.57. The minimum atomic E-state index is -0.444. The van der Waals surface area contributed by atoms with E-state index < -0.39 is 5.79 Å². The normalized spacial score (nSPS) is 44.3. The zero-order chi connectivity index (χ0) is 8.77. The molecule has 2 fully saturated rings. The Morgan fingerprint density at radius 2 is 2.25 bits per heavy atom. The predicted octanol–water partition coefficient (Wildman–Crippen LogP) is 0.973. The van der Waals surface area contributed by atoms with Gasteiger partial charge in [0.25, 0.3) is 0 Å². The van der Waals surface area contributed by atoms with Gasteiger partial charge < -0.3 is 14.3 Å². The van der Waals surface area contributed by atoms with Gasteiger partial charge in [-0.25, -0.2) is 0 Å².